The molecule has 2 heteroatoms. The molecule has 0 aromatic heterocycles. The fraction of sp³-hybridized carbons (Fsp3) is 0.458. The molecular formula is C24H29NO. The molecule has 0 heterocycles. The maximum absolute atomic E-state index is 12.9. The smallest absolute Gasteiger partial charge is 0.251 e. The van der Waals surface area contributed by atoms with Gasteiger partial charge in [0, 0.05) is 5.56 Å². The lowest BCUT2D eigenvalue weighted by atomic mass is 9.88. The van der Waals surface area contributed by atoms with Crippen LogP contribution in [0.4, 0.5) is 0 Å². The molecule has 1 atom stereocenters. The molecule has 136 valence electrons. The molecule has 1 unspecified atom stereocenters. The minimum Gasteiger partial charge on any atom is -0.345 e. The van der Waals surface area contributed by atoms with E-state index in [4.69, 9.17) is 0 Å². The second kappa shape index (κ2) is 7.65. The van der Waals surface area contributed by atoms with E-state index in [1.54, 1.807) is 0 Å². The summed E-state index contributed by atoms with van der Waals surface area (Å²) >= 11 is 0. The highest BCUT2D eigenvalue weighted by Crippen LogP contribution is 2.27. The third kappa shape index (κ3) is 3.56. The number of carbonyl (C=O) groups is 1. The SMILES string of the molecule is CCC(NC(=O)c1ccc2c(c1)CCCC2)c1ccc2c(c1)CCCC2. The first kappa shape index (κ1) is 17.3. The number of benzene rings is 2. The number of hydrogen-bond donors (Lipinski definition) is 1. The molecule has 0 saturated heterocycles. The van der Waals surface area contributed by atoms with Gasteiger partial charge in [0.2, 0.25) is 0 Å². The molecule has 1 N–H and O–H groups in total. The summed E-state index contributed by atoms with van der Waals surface area (Å²) in [7, 11) is 0. The van der Waals surface area contributed by atoms with Gasteiger partial charge in [-0.2, -0.15) is 0 Å². The maximum atomic E-state index is 12.9. The van der Waals surface area contributed by atoms with Crippen LogP contribution in [0.3, 0.4) is 0 Å². The maximum Gasteiger partial charge on any atom is 0.251 e. The minimum absolute atomic E-state index is 0.0583. The average Bonchev–Trinajstić information content (AvgIpc) is 2.71. The summed E-state index contributed by atoms with van der Waals surface area (Å²) in [5.41, 5.74) is 7.83. The molecule has 2 aliphatic carbocycles. The van der Waals surface area contributed by atoms with Gasteiger partial charge in [0.25, 0.3) is 5.91 Å². The second-order valence-electron chi connectivity index (χ2n) is 7.86. The normalized spacial score (nSPS) is 17.1. The van der Waals surface area contributed by atoms with Crippen molar-refractivity contribution in [3.63, 3.8) is 0 Å². The number of amides is 1. The quantitative estimate of drug-likeness (QED) is 0.796. The van der Waals surface area contributed by atoms with Gasteiger partial charge in [0.1, 0.15) is 0 Å². The first-order valence-electron chi connectivity index (χ1n) is 10.3. The van der Waals surface area contributed by atoms with Gasteiger partial charge in [-0.1, -0.05) is 31.2 Å². The number of hydrogen-bond acceptors (Lipinski definition) is 1. The molecule has 2 nitrogen and oxygen atoms in total. The standard InChI is InChI=1S/C24H29NO/c1-2-23(21-13-11-17-7-3-5-9-19(17)15-21)25-24(26)22-14-12-18-8-4-6-10-20(18)16-22/h11-16,23H,2-10H2,1H3,(H,25,26). The van der Waals surface area contributed by atoms with Crippen molar-refractivity contribution >= 4 is 5.91 Å². The molecule has 2 aliphatic rings. The van der Waals surface area contributed by atoms with E-state index in [1.807, 2.05) is 6.07 Å². The molecule has 0 saturated carbocycles. The fourth-order valence-corrected chi connectivity index (χ4v) is 4.51. The van der Waals surface area contributed by atoms with Crippen molar-refractivity contribution in [2.45, 2.75) is 70.8 Å². The Balaban J connectivity index is 1.52. The zero-order chi connectivity index (χ0) is 17.9. The summed E-state index contributed by atoms with van der Waals surface area (Å²) < 4.78 is 0. The number of carbonyl (C=O) groups excluding carboxylic acids is 1. The largest absolute Gasteiger partial charge is 0.345 e. The van der Waals surface area contributed by atoms with Crippen LogP contribution < -0.4 is 5.32 Å². The Morgan fingerprint density at radius 2 is 1.42 bits per heavy atom. The Morgan fingerprint density at radius 1 is 0.846 bits per heavy atom. The van der Waals surface area contributed by atoms with Crippen LogP contribution >= 0.6 is 0 Å². The van der Waals surface area contributed by atoms with E-state index in [1.165, 1.54) is 66.3 Å². The van der Waals surface area contributed by atoms with E-state index in [2.05, 4.69) is 42.6 Å². The third-order valence-corrected chi connectivity index (χ3v) is 6.10. The predicted octanol–water partition coefficient (Wildman–Crippen LogP) is 5.33. The first-order valence-corrected chi connectivity index (χ1v) is 10.3. The zero-order valence-electron chi connectivity index (χ0n) is 15.8. The summed E-state index contributed by atoms with van der Waals surface area (Å²) in [6.45, 7) is 2.15. The predicted molar refractivity (Wildman–Crippen MR) is 107 cm³/mol. The number of rotatable bonds is 4. The van der Waals surface area contributed by atoms with Gasteiger partial charge in [-0.15, -0.1) is 0 Å². The van der Waals surface area contributed by atoms with E-state index in [0.29, 0.717) is 0 Å². The zero-order valence-corrected chi connectivity index (χ0v) is 15.8. The van der Waals surface area contributed by atoms with Crippen molar-refractivity contribution in [1.82, 2.24) is 5.32 Å². The summed E-state index contributed by atoms with van der Waals surface area (Å²) in [4.78, 5) is 12.9. The van der Waals surface area contributed by atoms with Gasteiger partial charge in [-0.05, 0) is 97.7 Å². The summed E-state index contributed by atoms with van der Waals surface area (Å²) in [5.74, 6) is 0.0583. The van der Waals surface area contributed by atoms with Gasteiger partial charge < -0.3 is 5.32 Å². The van der Waals surface area contributed by atoms with Crippen molar-refractivity contribution in [3.8, 4) is 0 Å². The number of nitrogens with one attached hydrogen (secondary N) is 1. The van der Waals surface area contributed by atoms with E-state index in [9.17, 15) is 4.79 Å². The fourth-order valence-electron chi connectivity index (χ4n) is 4.51. The molecule has 2 aromatic rings. The van der Waals surface area contributed by atoms with E-state index in [0.717, 1.165) is 24.8 Å². The molecule has 0 radical (unpaired) electrons. The lowest BCUT2D eigenvalue weighted by Gasteiger charge is -2.22. The molecule has 0 aliphatic heterocycles. The van der Waals surface area contributed by atoms with Crippen LogP contribution in [0, 0.1) is 0 Å². The highest BCUT2D eigenvalue weighted by Gasteiger charge is 2.18. The number of fused-ring (bicyclic) bond motifs is 2. The van der Waals surface area contributed by atoms with Gasteiger partial charge in [-0.3, -0.25) is 4.79 Å². The van der Waals surface area contributed by atoms with E-state index >= 15 is 0 Å². The van der Waals surface area contributed by atoms with Crippen LogP contribution in [0.5, 0.6) is 0 Å². The van der Waals surface area contributed by atoms with Crippen LogP contribution in [-0.4, -0.2) is 5.91 Å². The van der Waals surface area contributed by atoms with E-state index < -0.39 is 0 Å². The molecule has 1 amide bonds. The van der Waals surface area contributed by atoms with Crippen molar-refractivity contribution in [3.05, 3.63) is 69.8 Å². The Kier molecular flexibility index (Phi) is 5.10. The Hall–Kier alpha value is -2.09. The average molecular weight is 348 g/mol. The van der Waals surface area contributed by atoms with Crippen molar-refractivity contribution < 1.29 is 4.79 Å². The van der Waals surface area contributed by atoms with Crippen LogP contribution in [0.2, 0.25) is 0 Å². The van der Waals surface area contributed by atoms with Crippen molar-refractivity contribution in [2.75, 3.05) is 0 Å². The molecule has 26 heavy (non-hydrogen) atoms. The third-order valence-electron chi connectivity index (χ3n) is 6.10. The first-order chi connectivity index (χ1) is 12.7. The topological polar surface area (TPSA) is 29.1 Å². The molecule has 4 rings (SSSR count). The van der Waals surface area contributed by atoms with Gasteiger partial charge in [-0.25, -0.2) is 0 Å². The molecule has 0 fully saturated rings. The van der Waals surface area contributed by atoms with Crippen LogP contribution in [-0.2, 0) is 25.7 Å². The lowest BCUT2D eigenvalue weighted by molar-refractivity contribution is 0.0935. The highest BCUT2D eigenvalue weighted by molar-refractivity contribution is 5.94. The lowest BCUT2D eigenvalue weighted by Crippen LogP contribution is -2.28. The Labute approximate surface area is 157 Å². The van der Waals surface area contributed by atoms with Crippen LogP contribution in [0.1, 0.15) is 83.2 Å². The summed E-state index contributed by atoms with van der Waals surface area (Å²) in [5, 5.41) is 3.27. The van der Waals surface area contributed by atoms with Crippen molar-refractivity contribution in [2.24, 2.45) is 0 Å². The van der Waals surface area contributed by atoms with Gasteiger partial charge in [0.05, 0.1) is 6.04 Å². The van der Waals surface area contributed by atoms with E-state index in [-0.39, 0.29) is 11.9 Å². The Morgan fingerprint density at radius 3 is 2.08 bits per heavy atom. The van der Waals surface area contributed by atoms with Crippen molar-refractivity contribution in [1.29, 1.82) is 0 Å². The van der Waals surface area contributed by atoms with Gasteiger partial charge >= 0.3 is 0 Å². The Bertz CT molecular complexity index is 808. The van der Waals surface area contributed by atoms with Crippen LogP contribution in [0.25, 0.3) is 0 Å². The molecular weight excluding hydrogens is 318 g/mol. The summed E-state index contributed by atoms with van der Waals surface area (Å²) in [6, 6.07) is 13.2. The van der Waals surface area contributed by atoms with Crippen LogP contribution in [0.15, 0.2) is 36.4 Å². The monoisotopic (exact) mass is 347 g/mol. The molecule has 0 spiro atoms. The molecule has 2 aromatic carbocycles. The number of aryl methyl sites for hydroxylation is 4. The minimum atomic E-state index is 0.0583. The van der Waals surface area contributed by atoms with Gasteiger partial charge in [0.15, 0.2) is 0 Å². The second-order valence-corrected chi connectivity index (χ2v) is 7.86. The molecule has 0 bridgehead atoms. The summed E-state index contributed by atoms with van der Waals surface area (Å²) in [6.07, 6.45) is 10.7. The highest BCUT2D eigenvalue weighted by atomic mass is 16.1.